The van der Waals surface area contributed by atoms with Crippen molar-refractivity contribution in [2.75, 3.05) is 6.61 Å². The molecule has 0 saturated carbocycles. The van der Waals surface area contributed by atoms with E-state index in [9.17, 15) is 4.79 Å². The lowest BCUT2D eigenvalue weighted by Crippen LogP contribution is -2.33. The first-order valence-corrected chi connectivity index (χ1v) is 13.1. The third kappa shape index (κ3) is 4.96. The highest BCUT2D eigenvalue weighted by atomic mass is 28.3. The summed E-state index contributed by atoms with van der Waals surface area (Å²) in [4.78, 5) is 14.0. The van der Waals surface area contributed by atoms with Crippen LogP contribution in [0.15, 0.2) is 0 Å². The summed E-state index contributed by atoms with van der Waals surface area (Å²) in [6, 6.07) is 1.08. The average Bonchev–Trinajstić information content (AvgIpc) is 3.24. The third-order valence-electron chi connectivity index (χ3n) is 4.24. The summed E-state index contributed by atoms with van der Waals surface area (Å²) in [6.07, 6.45) is -0.359. The second-order valence-corrected chi connectivity index (χ2v) is 14.8. The van der Waals surface area contributed by atoms with Crippen molar-refractivity contribution in [3.63, 3.8) is 0 Å². The van der Waals surface area contributed by atoms with E-state index in [0.717, 1.165) is 23.0 Å². The van der Waals surface area contributed by atoms with Crippen molar-refractivity contribution in [3.05, 3.63) is 11.3 Å². The lowest BCUT2D eigenvalue weighted by Gasteiger charge is -2.24. The molecule has 0 radical (unpaired) electrons. The van der Waals surface area contributed by atoms with E-state index < -0.39 is 13.7 Å². The Morgan fingerprint density at radius 1 is 1.25 bits per heavy atom. The number of carbonyl (C=O) groups is 1. The molecule has 0 spiro atoms. The monoisotopic (exact) mass is 407 g/mol. The van der Waals surface area contributed by atoms with Gasteiger partial charge in [-0.3, -0.25) is 4.90 Å². The van der Waals surface area contributed by atoms with E-state index in [4.69, 9.17) is 9.47 Å². The van der Waals surface area contributed by atoms with Crippen molar-refractivity contribution in [3.8, 4) is 11.5 Å². The number of aromatic amines is 1. The zero-order chi connectivity index (χ0) is 20.5. The fourth-order valence-corrected chi connectivity index (χ4v) is 3.62. The minimum atomic E-state index is -1.16. The van der Waals surface area contributed by atoms with Crippen molar-refractivity contribution in [2.24, 2.45) is 0 Å². The molecule has 0 unspecified atom stereocenters. The Hall–Kier alpha value is -2.27. The second-order valence-electron chi connectivity index (χ2n) is 9.19. The van der Waals surface area contributed by atoms with Crippen molar-refractivity contribution in [2.45, 2.75) is 71.9 Å². The summed E-state index contributed by atoms with van der Waals surface area (Å²) in [7, 11) is -1.16. The van der Waals surface area contributed by atoms with E-state index in [2.05, 4.69) is 45.4 Å². The number of nitrogens with zero attached hydrogens (tertiary/aromatic N) is 6. The van der Waals surface area contributed by atoms with Crippen LogP contribution in [0.4, 0.5) is 4.79 Å². The molecule has 10 nitrogen and oxygen atoms in total. The molecule has 2 aromatic rings. The zero-order valence-electron chi connectivity index (χ0n) is 17.4. The number of carbonyl (C=O) groups excluding carboxylic acids is 1. The standard InChI is InChI=1S/C17H29N7O3Si/c1-17(2,3)27-16(25)23-9-12-13(10-23)20-24(11-26-7-8-28(4,5)6)14(12)15-18-21-22-19-15/h7-11H2,1-6H3,(H,18,19,21,22). The van der Waals surface area contributed by atoms with Gasteiger partial charge in [-0.25, -0.2) is 9.48 Å². The van der Waals surface area contributed by atoms with E-state index in [1.54, 1.807) is 9.58 Å². The fraction of sp³-hybridized carbons (Fsp3) is 0.706. The number of fused-ring (bicyclic) bond motifs is 1. The van der Waals surface area contributed by atoms with Gasteiger partial charge in [0.05, 0.1) is 18.8 Å². The fourth-order valence-electron chi connectivity index (χ4n) is 2.86. The topological polar surface area (TPSA) is 111 Å². The first-order chi connectivity index (χ1) is 13.0. The van der Waals surface area contributed by atoms with Gasteiger partial charge < -0.3 is 9.47 Å². The van der Waals surface area contributed by atoms with E-state index in [0.29, 0.717) is 32.3 Å². The van der Waals surface area contributed by atoms with Crippen LogP contribution < -0.4 is 0 Å². The molecule has 3 heterocycles. The molecule has 154 valence electrons. The second kappa shape index (κ2) is 7.63. The van der Waals surface area contributed by atoms with Crippen LogP contribution in [-0.2, 0) is 29.3 Å². The zero-order valence-corrected chi connectivity index (χ0v) is 18.4. The molecule has 2 aromatic heterocycles. The number of hydrogen-bond acceptors (Lipinski definition) is 7. The summed E-state index contributed by atoms with van der Waals surface area (Å²) in [5.41, 5.74) is 1.89. The highest BCUT2D eigenvalue weighted by Gasteiger charge is 2.34. The number of tetrazole rings is 1. The quantitative estimate of drug-likeness (QED) is 0.579. The van der Waals surface area contributed by atoms with Crippen LogP contribution in [0.1, 0.15) is 32.0 Å². The number of hydrogen-bond donors (Lipinski definition) is 1. The lowest BCUT2D eigenvalue weighted by molar-refractivity contribution is 0.0237. The average molecular weight is 408 g/mol. The first kappa shape index (κ1) is 20.5. The highest BCUT2D eigenvalue weighted by Crippen LogP contribution is 2.31. The highest BCUT2D eigenvalue weighted by molar-refractivity contribution is 6.76. The molecule has 0 bridgehead atoms. The van der Waals surface area contributed by atoms with Crippen LogP contribution >= 0.6 is 0 Å². The molecular formula is C17H29N7O3Si. The lowest BCUT2D eigenvalue weighted by atomic mass is 10.2. The molecule has 0 saturated heterocycles. The van der Waals surface area contributed by atoms with Crippen molar-refractivity contribution < 1.29 is 14.3 Å². The Labute approximate surface area is 165 Å². The predicted molar refractivity (Wildman–Crippen MR) is 105 cm³/mol. The summed E-state index contributed by atoms with van der Waals surface area (Å²) >= 11 is 0. The maximum absolute atomic E-state index is 12.4. The molecule has 0 fully saturated rings. The summed E-state index contributed by atoms with van der Waals surface area (Å²) in [6.45, 7) is 14.3. The maximum Gasteiger partial charge on any atom is 0.410 e. The maximum atomic E-state index is 12.4. The first-order valence-electron chi connectivity index (χ1n) is 9.41. The van der Waals surface area contributed by atoms with Crippen molar-refractivity contribution in [1.82, 2.24) is 35.3 Å². The number of H-pyrrole nitrogens is 1. The molecule has 1 amide bonds. The predicted octanol–water partition coefficient (Wildman–Crippen LogP) is 2.63. The van der Waals surface area contributed by atoms with Gasteiger partial charge in [-0.05, 0) is 32.0 Å². The van der Waals surface area contributed by atoms with Gasteiger partial charge in [0.15, 0.2) is 0 Å². The molecular weight excluding hydrogens is 378 g/mol. The number of rotatable bonds is 6. The van der Waals surface area contributed by atoms with Gasteiger partial charge in [0.25, 0.3) is 0 Å². The molecule has 0 atom stereocenters. The Morgan fingerprint density at radius 2 is 2.00 bits per heavy atom. The molecule has 1 N–H and O–H groups in total. The van der Waals surface area contributed by atoms with Crippen LogP contribution in [0, 0.1) is 0 Å². The Bertz CT molecular complexity index is 821. The molecule has 1 aliphatic heterocycles. The smallest absolute Gasteiger partial charge is 0.410 e. The van der Waals surface area contributed by atoms with E-state index in [1.807, 2.05) is 20.8 Å². The van der Waals surface area contributed by atoms with Crippen molar-refractivity contribution >= 4 is 14.2 Å². The Balaban J connectivity index is 1.75. The third-order valence-corrected chi connectivity index (χ3v) is 5.95. The van der Waals surface area contributed by atoms with Crippen LogP contribution in [0.3, 0.4) is 0 Å². The Kier molecular flexibility index (Phi) is 5.57. The number of nitrogens with one attached hydrogen (secondary N) is 1. The van der Waals surface area contributed by atoms with Crippen molar-refractivity contribution in [1.29, 1.82) is 0 Å². The molecule has 28 heavy (non-hydrogen) atoms. The molecule has 11 heteroatoms. The van der Waals surface area contributed by atoms with Gasteiger partial charge in [0.2, 0.25) is 5.82 Å². The van der Waals surface area contributed by atoms with E-state index >= 15 is 0 Å². The van der Waals surface area contributed by atoms with Gasteiger partial charge >= 0.3 is 6.09 Å². The van der Waals surface area contributed by atoms with Crippen LogP contribution in [0.25, 0.3) is 11.5 Å². The van der Waals surface area contributed by atoms with Crippen LogP contribution in [0.2, 0.25) is 25.7 Å². The minimum absolute atomic E-state index is 0.313. The van der Waals surface area contributed by atoms with Gasteiger partial charge in [-0.15, -0.1) is 10.2 Å². The Morgan fingerprint density at radius 3 is 2.61 bits per heavy atom. The van der Waals surface area contributed by atoms with Gasteiger partial charge in [-0.2, -0.15) is 10.3 Å². The molecule has 0 aromatic carbocycles. The summed E-state index contributed by atoms with van der Waals surface area (Å²) in [5.74, 6) is 0.439. The SMILES string of the molecule is CC(C)(C)OC(=O)N1Cc2nn(COCC[Si](C)(C)C)c(-c3nn[nH]n3)c2C1. The number of ether oxygens (including phenoxy) is 2. The minimum Gasteiger partial charge on any atom is -0.444 e. The summed E-state index contributed by atoms with van der Waals surface area (Å²) < 4.78 is 13.1. The van der Waals surface area contributed by atoms with Crippen LogP contribution in [-0.4, -0.2) is 61.7 Å². The number of aromatic nitrogens is 6. The normalized spacial score (nSPS) is 14.4. The largest absolute Gasteiger partial charge is 0.444 e. The molecule has 0 aliphatic carbocycles. The van der Waals surface area contributed by atoms with Gasteiger partial charge in [0, 0.05) is 20.2 Å². The van der Waals surface area contributed by atoms with E-state index in [-0.39, 0.29) is 6.09 Å². The van der Waals surface area contributed by atoms with E-state index in [1.165, 1.54) is 0 Å². The van der Waals surface area contributed by atoms with Crippen LogP contribution in [0.5, 0.6) is 0 Å². The number of amides is 1. The molecule has 3 rings (SSSR count). The van der Waals surface area contributed by atoms with Gasteiger partial charge in [-0.1, -0.05) is 19.6 Å². The molecule has 1 aliphatic rings. The summed E-state index contributed by atoms with van der Waals surface area (Å²) in [5, 5.41) is 19.0. The van der Waals surface area contributed by atoms with Gasteiger partial charge in [0.1, 0.15) is 18.0 Å².